The van der Waals surface area contributed by atoms with E-state index >= 15 is 0 Å². The second-order valence-corrected chi connectivity index (χ2v) is 5.50. The topological polar surface area (TPSA) is 67.0 Å². The largest absolute Gasteiger partial charge is 0.380 e. The average molecular weight is 289 g/mol. The highest BCUT2D eigenvalue weighted by Crippen LogP contribution is 2.05. The molecule has 1 heterocycles. The highest BCUT2D eigenvalue weighted by molar-refractivity contribution is 5.77. The predicted octanol–water partition coefficient (Wildman–Crippen LogP) is 2.08. The van der Waals surface area contributed by atoms with E-state index in [4.69, 9.17) is 4.74 Å². The number of rotatable bonds is 8. The van der Waals surface area contributed by atoms with Crippen LogP contribution in [0.1, 0.15) is 26.1 Å². The highest BCUT2D eigenvalue weighted by Gasteiger charge is 2.02. The van der Waals surface area contributed by atoms with E-state index in [-0.39, 0.29) is 5.56 Å². The van der Waals surface area contributed by atoms with E-state index in [0.29, 0.717) is 30.3 Å². The molecule has 0 saturated carbocycles. The Morgan fingerprint density at radius 1 is 1.29 bits per heavy atom. The van der Waals surface area contributed by atoms with Crippen LogP contribution in [0.25, 0.3) is 10.9 Å². The van der Waals surface area contributed by atoms with Crippen molar-refractivity contribution in [1.29, 1.82) is 0 Å². The molecule has 0 aliphatic rings. The van der Waals surface area contributed by atoms with Crippen molar-refractivity contribution in [1.82, 2.24) is 15.3 Å². The number of nitrogens with zero attached hydrogens (tertiary/aromatic N) is 1. The van der Waals surface area contributed by atoms with Crippen LogP contribution in [0, 0.1) is 5.92 Å². The highest BCUT2D eigenvalue weighted by atomic mass is 16.5. The van der Waals surface area contributed by atoms with Gasteiger partial charge in [0.15, 0.2) is 0 Å². The first-order valence-electron chi connectivity index (χ1n) is 7.43. The van der Waals surface area contributed by atoms with Gasteiger partial charge in [0.1, 0.15) is 5.82 Å². The molecule has 0 atom stereocenters. The van der Waals surface area contributed by atoms with Crippen LogP contribution >= 0.6 is 0 Å². The van der Waals surface area contributed by atoms with Crippen molar-refractivity contribution in [2.75, 3.05) is 19.8 Å². The minimum Gasteiger partial charge on any atom is -0.380 e. The van der Waals surface area contributed by atoms with Crippen LogP contribution in [0.15, 0.2) is 29.1 Å². The third-order valence-electron chi connectivity index (χ3n) is 3.22. The summed E-state index contributed by atoms with van der Waals surface area (Å²) in [7, 11) is 0. The Hall–Kier alpha value is -1.72. The Bertz CT molecular complexity index is 622. The number of fused-ring (bicyclic) bond motifs is 1. The number of aromatic nitrogens is 2. The first-order valence-corrected chi connectivity index (χ1v) is 7.43. The molecule has 1 aromatic carbocycles. The molecule has 0 unspecified atom stereocenters. The van der Waals surface area contributed by atoms with Gasteiger partial charge in [-0.3, -0.25) is 4.79 Å². The van der Waals surface area contributed by atoms with E-state index < -0.39 is 0 Å². The quantitative estimate of drug-likeness (QED) is 0.730. The lowest BCUT2D eigenvalue weighted by Crippen LogP contribution is -2.23. The summed E-state index contributed by atoms with van der Waals surface area (Å²) in [4.78, 5) is 19.1. The SMILES string of the molecule is CC(C)CCOCCNCc1nc2ccccc2c(=O)[nH]1. The molecule has 1 aromatic heterocycles. The molecule has 2 rings (SSSR count). The van der Waals surface area contributed by atoms with Gasteiger partial charge in [0.05, 0.1) is 24.1 Å². The van der Waals surface area contributed by atoms with Gasteiger partial charge in [-0.05, 0) is 24.5 Å². The van der Waals surface area contributed by atoms with Gasteiger partial charge in [-0.1, -0.05) is 26.0 Å². The van der Waals surface area contributed by atoms with Crippen molar-refractivity contribution >= 4 is 10.9 Å². The molecule has 2 N–H and O–H groups in total. The molecule has 5 nitrogen and oxygen atoms in total. The van der Waals surface area contributed by atoms with E-state index in [1.807, 2.05) is 18.2 Å². The lowest BCUT2D eigenvalue weighted by molar-refractivity contribution is 0.125. The van der Waals surface area contributed by atoms with E-state index in [1.165, 1.54) is 0 Å². The van der Waals surface area contributed by atoms with E-state index in [0.717, 1.165) is 25.1 Å². The molecule has 0 spiro atoms. The number of ether oxygens (including phenoxy) is 1. The zero-order chi connectivity index (χ0) is 15.1. The first kappa shape index (κ1) is 15.7. The summed E-state index contributed by atoms with van der Waals surface area (Å²) in [6.07, 6.45) is 1.08. The van der Waals surface area contributed by atoms with Crippen LogP contribution in [0.4, 0.5) is 0 Å². The molecule has 0 bridgehead atoms. The summed E-state index contributed by atoms with van der Waals surface area (Å²) in [6.45, 7) is 7.11. The molecule has 0 fully saturated rings. The second-order valence-electron chi connectivity index (χ2n) is 5.50. The number of aromatic amines is 1. The molecule has 0 amide bonds. The lowest BCUT2D eigenvalue weighted by Gasteiger charge is -2.07. The van der Waals surface area contributed by atoms with Gasteiger partial charge >= 0.3 is 0 Å². The molecule has 0 saturated heterocycles. The minimum atomic E-state index is -0.0921. The number of para-hydroxylation sites is 1. The molecular weight excluding hydrogens is 266 g/mol. The van der Waals surface area contributed by atoms with Crippen molar-refractivity contribution in [3.63, 3.8) is 0 Å². The maximum atomic E-state index is 11.9. The zero-order valence-electron chi connectivity index (χ0n) is 12.7. The molecule has 0 radical (unpaired) electrons. The first-order chi connectivity index (χ1) is 10.2. The molecule has 0 aliphatic heterocycles. The van der Waals surface area contributed by atoms with E-state index in [9.17, 15) is 4.79 Å². The minimum absolute atomic E-state index is 0.0921. The summed E-state index contributed by atoms with van der Waals surface area (Å²) >= 11 is 0. The fraction of sp³-hybridized carbons (Fsp3) is 0.500. The number of nitrogens with one attached hydrogen (secondary N) is 2. The Labute approximate surface area is 124 Å². The van der Waals surface area contributed by atoms with Crippen LogP contribution in [-0.2, 0) is 11.3 Å². The molecule has 114 valence electrons. The number of H-pyrrole nitrogens is 1. The molecule has 2 aromatic rings. The van der Waals surface area contributed by atoms with Gasteiger partial charge in [0, 0.05) is 13.2 Å². The number of benzene rings is 1. The summed E-state index contributed by atoms with van der Waals surface area (Å²) in [5, 5.41) is 3.85. The van der Waals surface area contributed by atoms with Gasteiger partial charge < -0.3 is 15.0 Å². The average Bonchev–Trinajstić information content (AvgIpc) is 2.46. The maximum Gasteiger partial charge on any atom is 0.258 e. The van der Waals surface area contributed by atoms with Crippen LogP contribution in [0.5, 0.6) is 0 Å². The number of hydrogen-bond donors (Lipinski definition) is 2. The monoisotopic (exact) mass is 289 g/mol. The maximum absolute atomic E-state index is 11.9. The second kappa shape index (κ2) is 7.90. The summed E-state index contributed by atoms with van der Waals surface area (Å²) in [6, 6.07) is 7.35. The van der Waals surface area contributed by atoms with Crippen LogP contribution in [-0.4, -0.2) is 29.7 Å². The van der Waals surface area contributed by atoms with Crippen LogP contribution in [0.3, 0.4) is 0 Å². The zero-order valence-corrected chi connectivity index (χ0v) is 12.7. The van der Waals surface area contributed by atoms with Gasteiger partial charge in [-0.2, -0.15) is 0 Å². The molecule has 0 aliphatic carbocycles. The number of hydrogen-bond acceptors (Lipinski definition) is 4. The van der Waals surface area contributed by atoms with Crippen molar-refractivity contribution < 1.29 is 4.74 Å². The van der Waals surface area contributed by atoms with Crippen molar-refractivity contribution in [2.24, 2.45) is 5.92 Å². The van der Waals surface area contributed by atoms with Crippen LogP contribution in [0.2, 0.25) is 0 Å². The fourth-order valence-corrected chi connectivity index (χ4v) is 1.99. The van der Waals surface area contributed by atoms with Crippen molar-refractivity contribution in [3.8, 4) is 0 Å². The summed E-state index contributed by atoms with van der Waals surface area (Å²) in [5.74, 6) is 1.32. The van der Waals surface area contributed by atoms with Gasteiger partial charge in [0.2, 0.25) is 0 Å². The summed E-state index contributed by atoms with van der Waals surface area (Å²) < 4.78 is 5.52. The van der Waals surface area contributed by atoms with Gasteiger partial charge in [-0.15, -0.1) is 0 Å². The molecular formula is C16H23N3O2. The van der Waals surface area contributed by atoms with Crippen molar-refractivity contribution in [3.05, 3.63) is 40.4 Å². The third kappa shape index (κ3) is 4.95. The lowest BCUT2D eigenvalue weighted by atomic mass is 10.1. The predicted molar refractivity (Wildman–Crippen MR) is 84.3 cm³/mol. The van der Waals surface area contributed by atoms with Crippen LogP contribution < -0.4 is 10.9 Å². The molecule has 21 heavy (non-hydrogen) atoms. The Morgan fingerprint density at radius 2 is 2.10 bits per heavy atom. The Morgan fingerprint density at radius 3 is 2.90 bits per heavy atom. The Kier molecular flexibility index (Phi) is 5.90. The standard InChI is InChI=1S/C16H23N3O2/c1-12(2)7-9-21-10-8-17-11-15-18-14-6-4-3-5-13(14)16(20)19-15/h3-6,12,17H,7-11H2,1-2H3,(H,18,19,20). The summed E-state index contributed by atoms with van der Waals surface area (Å²) in [5.41, 5.74) is 0.636. The fourth-order valence-electron chi connectivity index (χ4n) is 1.99. The Balaban J connectivity index is 1.78. The van der Waals surface area contributed by atoms with Crippen molar-refractivity contribution in [2.45, 2.75) is 26.8 Å². The van der Waals surface area contributed by atoms with E-state index in [2.05, 4.69) is 29.1 Å². The van der Waals surface area contributed by atoms with Gasteiger partial charge in [0.25, 0.3) is 5.56 Å². The van der Waals surface area contributed by atoms with Gasteiger partial charge in [-0.25, -0.2) is 4.98 Å². The van der Waals surface area contributed by atoms with E-state index in [1.54, 1.807) is 6.07 Å². The molecule has 5 heteroatoms. The normalized spacial score (nSPS) is 11.4. The smallest absolute Gasteiger partial charge is 0.258 e. The third-order valence-corrected chi connectivity index (χ3v) is 3.22.